The van der Waals surface area contributed by atoms with E-state index in [1.165, 1.54) is 6.42 Å². The van der Waals surface area contributed by atoms with Gasteiger partial charge in [0.1, 0.15) is 0 Å². The van der Waals surface area contributed by atoms with Gasteiger partial charge in [-0.2, -0.15) is 0 Å². The van der Waals surface area contributed by atoms with Gasteiger partial charge >= 0.3 is 0 Å². The first-order valence-corrected chi connectivity index (χ1v) is 2.77. The maximum atomic E-state index is 8.50. The molecular weight excluding hydrogens is 126 g/mol. The van der Waals surface area contributed by atoms with Crippen LogP contribution in [0.1, 0.15) is 12.8 Å². The van der Waals surface area contributed by atoms with Crippen molar-refractivity contribution < 1.29 is 5.11 Å². The van der Waals surface area contributed by atoms with Gasteiger partial charge in [-0.25, -0.2) is 0 Å². The van der Waals surface area contributed by atoms with Gasteiger partial charge in [0.05, 0.1) is 6.61 Å². The molecule has 1 aliphatic heterocycles. The SMILES string of the molecule is Cl.OC[C@H]1CCCN1. The Morgan fingerprint density at radius 3 is 2.62 bits per heavy atom. The normalized spacial score (nSPS) is 27.4. The van der Waals surface area contributed by atoms with Crippen LogP contribution in [0.25, 0.3) is 0 Å². The summed E-state index contributed by atoms with van der Waals surface area (Å²) in [6.45, 7) is 1.39. The van der Waals surface area contributed by atoms with Gasteiger partial charge < -0.3 is 10.4 Å². The molecule has 1 rings (SSSR count). The summed E-state index contributed by atoms with van der Waals surface area (Å²) in [6.07, 6.45) is 2.38. The van der Waals surface area contributed by atoms with Crippen LogP contribution in [0.15, 0.2) is 0 Å². The molecule has 3 heteroatoms. The number of nitrogens with one attached hydrogen (secondary N) is 1. The first-order valence-electron chi connectivity index (χ1n) is 2.77. The lowest BCUT2D eigenvalue weighted by atomic mass is 10.2. The van der Waals surface area contributed by atoms with Crippen LogP contribution >= 0.6 is 12.4 Å². The number of rotatable bonds is 1. The second-order valence-electron chi connectivity index (χ2n) is 1.98. The third-order valence-corrected chi connectivity index (χ3v) is 1.38. The molecule has 1 fully saturated rings. The zero-order valence-electron chi connectivity index (χ0n) is 4.76. The molecule has 0 aromatic heterocycles. The van der Waals surface area contributed by atoms with Gasteiger partial charge in [-0.05, 0) is 19.4 Å². The number of aliphatic hydroxyl groups excluding tert-OH is 1. The number of hydrogen-bond acceptors (Lipinski definition) is 2. The van der Waals surface area contributed by atoms with E-state index < -0.39 is 0 Å². The fourth-order valence-corrected chi connectivity index (χ4v) is 0.913. The smallest absolute Gasteiger partial charge is 0.0584 e. The number of halogens is 1. The molecule has 0 unspecified atom stereocenters. The average Bonchev–Trinajstić information content (AvgIpc) is 2.14. The van der Waals surface area contributed by atoms with Crippen molar-refractivity contribution in [2.45, 2.75) is 18.9 Å². The van der Waals surface area contributed by atoms with Crippen molar-refractivity contribution in [2.24, 2.45) is 0 Å². The first-order chi connectivity index (χ1) is 3.43. The molecule has 1 heterocycles. The molecule has 2 nitrogen and oxygen atoms in total. The summed E-state index contributed by atoms with van der Waals surface area (Å²) in [4.78, 5) is 0. The minimum atomic E-state index is 0. The predicted octanol–water partition coefficient (Wildman–Crippen LogP) is 0.152. The summed E-state index contributed by atoms with van der Waals surface area (Å²) in [5, 5.41) is 11.7. The van der Waals surface area contributed by atoms with Crippen molar-refractivity contribution in [1.82, 2.24) is 5.32 Å². The molecule has 0 amide bonds. The Morgan fingerprint density at radius 1 is 1.62 bits per heavy atom. The largest absolute Gasteiger partial charge is 0.395 e. The van der Waals surface area contributed by atoms with Crippen LogP contribution in [0.2, 0.25) is 0 Å². The Hall–Kier alpha value is 0.210. The van der Waals surface area contributed by atoms with E-state index in [2.05, 4.69) is 5.32 Å². The molecule has 0 aromatic rings. The Morgan fingerprint density at radius 2 is 2.38 bits per heavy atom. The van der Waals surface area contributed by atoms with E-state index in [-0.39, 0.29) is 12.4 Å². The van der Waals surface area contributed by atoms with Gasteiger partial charge in [0, 0.05) is 6.04 Å². The highest BCUT2D eigenvalue weighted by atomic mass is 35.5. The third-order valence-electron chi connectivity index (χ3n) is 1.38. The van der Waals surface area contributed by atoms with E-state index in [0.29, 0.717) is 12.6 Å². The quantitative estimate of drug-likeness (QED) is 0.540. The molecule has 1 saturated heterocycles. The van der Waals surface area contributed by atoms with Gasteiger partial charge in [-0.3, -0.25) is 0 Å². The summed E-state index contributed by atoms with van der Waals surface area (Å²) < 4.78 is 0. The Balaban J connectivity index is 0.000000490. The molecule has 50 valence electrons. The average molecular weight is 138 g/mol. The maximum Gasteiger partial charge on any atom is 0.0584 e. The van der Waals surface area contributed by atoms with Gasteiger partial charge in [0.25, 0.3) is 0 Å². The minimum Gasteiger partial charge on any atom is -0.395 e. The first kappa shape index (κ1) is 8.21. The Kier molecular flexibility index (Phi) is 4.23. The minimum absolute atomic E-state index is 0. The van der Waals surface area contributed by atoms with Crippen LogP contribution in [0.3, 0.4) is 0 Å². The molecule has 0 spiro atoms. The lowest BCUT2D eigenvalue weighted by Crippen LogP contribution is -2.24. The van der Waals surface area contributed by atoms with Crippen molar-refractivity contribution >= 4 is 12.4 Å². The number of aliphatic hydroxyl groups is 1. The van der Waals surface area contributed by atoms with Crippen molar-refractivity contribution in [2.75, 3.05) is 13.2 Å². The fraction of sp³-hybridized carbons (Fsp3) is 1.00. The molecule has 1 atom stereocenters. The zero-order valence-corrected chi connectivity index (χ0v) is 5.58. The van der Waals surface area contributed by atoms with Gasteiger partial charge in [-0.1, -0.05) is 0 Å². The highest BCUT2D eigenvalue weighted by molar-refractivity contribution is 5.85. The number of hydrogen-bond donors (Lipinski definition) is 2. The molecule has 1 aliphatic rings. The predicted molar refractivity (Wildman–Crippen MR) is 35.4 cm³/mol. The van der Waals surface area contributed by atoms with E-state index in [4.69, 9.17) is 5.11 Å². The van der Waals surface area contributed by atoms with E-state index in [0.717, 1.165) is 13.0 Å². The van der Waals surface area contributed by atoms with E-state index >= 15 is 0 Å². The summed E-state index contributed by atoms with van der Waals surface area (Å²) in [7, 11) is 0. The van der Waals surface area contributed by atoms with Crippen molar-refractivity contribution in [3.8, 4) is 0 Å². The second kappa shape index (κ2) is 4.13. The van der Waals surface area contributed by atoms with Crippen molar-refractivity contribution in [3.63, 3.8) is 0 Å². The van der Waals surface area contributed by atoms with E-state index in [1.54, 1.807) is 0 Å². The summed E-state index contributed by atoms with van der Waals surface area (Å²) in [6, 6.07) is 0.403. The van der Waals surface area contributed by atoms with Crippen molar-refractivity contribution in [1.29, 1.82) is 0 Å². The maximum absolute atomic E-state index is 8.50. The standard InChI is InChI=1S/C5H11NO.ClH/c7-4-5-2-1-3-6-5;/h5-7H,1-4H2;1H/t5-;/m1./s1. The lowest BCUT2D eigenvalue weighted by molar-refractivity contribution is 0.255. The fourth-order valence-electron chi connectivity index (χ4n) is 0.913. The van der Waals surface area contributed by atoms with Crippen LogP contribution in [0, 0.1) is 0 Å². The Bertz CT molecular complexity index is 54.4. The molecule has 0 aromatic carbocycles. The van der Waals surface area contributed by atoms with Crippen LogP contribution in [-0.2, 0) is 0 Å². The second-order valence-corrected chi connectivity index (χ2v) is 1.98. The third kappa shape index (κ3) is 1.99. The van der Waals surface area contributed by atoms with Crippen LogP contribution in [-0.4, -0.2) is 24.3 Å². The summed E-state index contributed by atoms with van der Waals surface area (Å²) >= 11 is 0. The molecule has 2 N–H and O–H groups in total. The molecule has 0 saturated carbocycles. The molecule has 0 aliphatic carbocycles. The Labute approximate surface area is 55.7 Å². The highest BCUT2D eigenvalue weighted by Crippen LogP contribution is 2.02. The summed E-state index contributed by atoms with van der Waals surface area (Å²) in [5.41, 5.74) is 0. The van der Waals surface area contributed by atoms with Crippen LogP contribution < -0.4 is 5.32 Å². The highest BCUT2D eigenvalue weighted by Gasteiger charge is 2.10. The molecule has 8 heavy (non-hydrogen) atoms. The lowest BCUT2D eigenvalue weighted by Gasteiger charge is -2.01. The van der Waals surface area contributed by atoms with Crippen LogP contribution in [0.5, 0.6) is 0 Å². The van der Waals surface area contributed by atoms with Gasteiger partial charge in [0.15, 0.2) is 0 Å². The van der Waals surface area contributed by atoms with E-state index in [9.17, 15) is 0 Å². The monoisotopic (exact) mass is 137 g/mol. The van der Waals surface area contributed by atoms with Crippen LogP contribution in [0.4, 0.5) is 0 Å². The van der Waals surface area contributed by atoms with Gasteiger partial charge in [0.2, 0.25) is 0 Å². The van der Waals surface area contributed by atoms with Gasteiger partial charge in [-0.15, -0.1) is 12.4 Å². The molecule has 0 radical (unpaired) electrons. The zero-order chi connectivity index (χ0) is 5.11. The summed E-state index contributed by atoms with van der Waals surface area (Å²) in [5.74, 6) is 0. The molecule has 0 bridgehead atoms. The van der Waals surface area contributed by atoms with Crippen molar-refractivity contribution in [3.05, 3.63) is 0 Å². The topological polar surface area (TPSA) is 32.3 Å². The van der Waals surface area contributed by atoms with E-state index in [1.807, 2.05) is 0 Å². The molecular formula is C5H12ClNO.